The largest absolute Gasteiger partial charge is 0.380 e. The average molecular weight is 257 g/mol. The molecule has 0 heterocycles. The molecule has 0 aliphatic carbocycles. The Labute approximate surface area is 107 Å². The minimum Gasteiger partial charge on any atom is -0.380 e. The first-order valence-electron chi connectivity index (χ1n) is 6.43. The lowest BCUT2D eigenvalue weighted by Gasteiger charge is -2.19. The van der Waals surface area contributed by atoms with Gasteiger partial charge in [-0.05, 0) is 38.4 Å². The second-order valence-electron chi connectivity index (χ2n) is 4.21. The van der Waals surface area contributed by atoms with Crippen molar-refractivity contribution in [1.29, 1.82) is 0 Å². The third kappa shape index (κ3) is 4.70. The van der Waals surface area contributed by atoms with Gasteiger partial charge in [0.25, 0.3) is 0 Å². The maximum absolute atomic E-state index is 13.5. The summed E-state index contributed by atoms with van der Waals surface area (Å²) in [6, 6.07) is 3.90. The van der Waals surface area contributed by atoms with Crippen LogP contribution in [0.3, 0.4) is 0 Å². The summed E-state index contributed by atoms with van der Waals surface area (Å²) >= 11 is 0. The van der Waals surface area contributed by atoms with Crippen LogP contribution in [0.2, 0.25) is 0 Å². The first-order valence-corrected chi connectivity index (χ1v) is 6.43. The van der Waals surface area contributed by atoms with Crippen LogP contribution in [-0.4, -0.2) is 25.8 Å². The van der Waals surface area contributed by atoms with Crippen LogP contribution in [-0.2, 0) is 11.2 Å². The van der Waals surface area contributed by atoms with Crippen molar-refractivity contribution >= 4 is 0 Å². The Hall–Kier alpha value is -1.00. The van der Waals surface area contributed by atoms with E-state index in [0.29, 0.717) is 19.6 Å². The van der Waals surface area contributed by atoms with Crippen molar-refractivity contribution in [2.45, 2.75) is 32.7 Å². The Morgan fingerprint density at radius 2 is 1.89 bits per heavy atom. The maximum Gasteiger partial charge on any atom is 0.129 e. The fourth-order valence-electron chi connectivity index (χ4n) is 1.77. The molecule has 1 aromatic rings. The molecule has 0 aliphatic rings. The molecule has 0 amide bonds. The quantitative estimate of drug-likeness (QED) is 0.773. The number of rotatable bonds is 8. The topological polar surface area (TPSA) is 21.3 Å². The van der Waals surface area contributed by atoms with Crippen LogP contribution in [0.1, 0.15) is 25.8 Å². The zero-order valence-corrected chi connectivity index (χ0v) is 11.0. The van der Waals surface area contributed by atoms with Gasteiger partial charge in [0.2, 0.25) is 0 Å². The highest BCUT2D eigenvalue weighted by molar-refractivity contribution is 5.20. The summed E-state index contributed by atoms with van der Waals surface area (Å²) in [6.45, 7) is 5.83. The Bertz CT molecular complexity index is 329. The van der Waals surface area contributed by atoms with Crippen LogP contribution >= 0.6 is 0 Å². The second kappa shape index (κ2) is 8.16. The molecular formula is C14H21F2NO. The maximum atomic E-state index is 13.5. The molecule has 1 atom stereocenters. The van der Waals surface area contributed by atoms with E-state index in [1.807, 2.05) is 6.92 Å². The molecule has 102 valence electrons. The van der Waals surface area contributed by atoms with E-state index in [9.17, 15) is 8.78 Å². The van der Waals surface area contributed by atoms with E-state index in [1.165, 1.54) is 18.2 Å². The Morgan fingerprint density at radius 1 is 1.22 bits per heavy atom. The fraction of sp³-hybridized carbons (Fsp3) is 0.571. The molecule has 1 aromatic carbocycles. The molecule has 1 rings (SSSR count). The number of ether oxygens (including phenoxy) is 1. The molecule has 0 radical (unpaired) electrons. The predicted molar refractivity (Wildman–Crippen MR) is 68.6 cm³/mol. The Balaban J connectivity index is 2.68. The molecule has 4 heteroatoms. The molecule has 18 heavy (non-hydrogen) atoms. The van der Waals surface area contributed by atoms with Crippen molar-refractivity contribution in [1.82, 2.24) is 5.32 Å². The summed E-state index contributed by atoms with van der Waals surface area (Å²) < 4.78 is 32.4. The molecule has 1 unspecified atom stereocenters. The van der Waals surface area contributed by atoms with Gasteiger partial charge in [0.1, 0.15) is 11.6 Å². The van der Waals surface area contributed by atoms with Gasteiger partial charge in [-0.1, -0.05) is 13.0 Å². The van der Waals surface area contributed by atoms with Crippen LogP contribution in [0.15, 0.2) is 18.2 Å². The van der Waals surface area contributed by atoms with Gasteiger partial charge in [-0.3, -0.25) is 0 Å². The molecule has 0 saturated carbocycles. The molecule has 2 nitrogen and oxygen atoms in total. The number of hydrogen-bond donors (Lipinski definition) is 1. The molecule has 0 bridgehead atoms. The number of nitrogens with one attached hydrogen (secondary N) is 1. The highest BCUT2D eigenvalue weighted by atomic mass is 19.1. The van der Waals surface area contributed by atoms with Crippen LogP contribution in [0.25, 0.3) is 0 Å². The van der Waals surface area contributed by atoms with E-state index in [1.54, 1.807) is 0 Å². The third-order valence-electron chi connectivity index (χ3n) is 2.72. The highest BCUT2D eigenvalue weighted by Gasteiger charge is 2.15. The first-order chi connectivity index (χ1) is 8.69. The van der Waals surface area contributed by atoms with Crippen molar-refractivity contribution in [3.63, 3.8) is 0 Å². The summed E-state index contributed by atoms with van der Waals surface area (Å²) in [6.07, 6.45) is 1.28. The summed E-state index contributed by atoms with van der Waals surface area (Å²) in [5.74, 6) is -0.982. The Kier molecular flexibility index (Phi) is 6.83. The Morgan fingerprint density at radius 3 is 2.44 bits per heavy atom. The van der Waals surface area contributed by atoms with Crippen molar-refractivity contribution in [3.05, 3.63) is 35.4 Å². The summed E-state index contributed by atoms with van der Waals surface area (Å²) in [4.78, 5) is 0. The van der Waals surface area contributed by atoms with Gasteiger partial charge < -0.3 is 10.1 Å². The lowest BCUT2D eigenvalue weighted by atomic mass is 10.0. The minimum atomic E-state index is -0.491. The van der Waals surface area contributed by atoms with E-state index in [2.05, 4.69) is 12.2 Å². The van der Waals surface area contributed by atoms with Crippen molar-refractivity contribution in [2.24, 2.45) is 0 Å². The van der Waals surface area contributed by atoms with E-state index in [0.717, 1.165) is 13.0 Å². The van der Waals surface area contributed by atoms with Gasteiger partial charge in [-0.2, -0.15) is 0 Å². The number of halogens is 2. The summed E-state index contributed by atoms with van der Waals surface area (Å²) in [5.41, 5.74) is 0.130. The van der Waals surface area contributed by atoms with Gasteiger partial charge in [0, 0.05) is 18.2 Å². The summed E-state index contributed by atoms with van der Waals surface area (Å²) in [5, 5.41) is 3.25. The van der Waals surface area contributed by atoms with Gasteiger partial charge in [0.05, 0.1) is 6.61 Å². The lowest BCUT2D eigenvalue weighted by molar-refractivity contribution is 0.122. The summed E-state index contributed by atoms with van der Waals surface area (Å²) in [7, 11) is 0. The molecular weight excluding hydrogens is 236 g/mol. The molecule has 1 N–H and O–H groups in total. The van der Waals surface area contributed by atoms with Gasteiger partial charge >= 0.3 is 0 Å². The standard InChI is InChI=1S/C14H21F2NO/c1-3-8-17-11(10-18-4-2)9-12-13(15)6-5-7-14(12)16/h5-7,11,17H,3-4,8-10H2,1-2H3. The molecule has 0 aromatic heterocycles. The van der Waals surface area contributed by atoms with E-state index in [4.69, 9.17) is 4.74 Å². The molecule has 0 spiro atoms. The lowest BCUT2D eigenvalue weighted by Crippen LogP contribution is -2.36. The van der Waals surface area contributed by atoms with E-state index >= 15 is 0 Å². The zero-order valence-electron chi connectivity index (χ0n) is 11.0. The average Bonchev–Trinajstić information content (AvgIpc) is 2.36. The van der Waals surface area contributed by atoms with E-state index < -0.39 is 11.6 Å². The van der Waals surface area contributed by atoms with Crippen molar-refractivity contribution in [3.8, 4) is 0 Å². The number of benzene rings is 1. The predicted octanol–water partition coefficient (Wildman–Crippen LogP) is 2.91. The SMILES string of the molecule is CCCNC(COCC)Cc1c(F)cccc1F. The van der Waals surface area contributed by atoms with Gasteiger partial charge in [0.15, 0.2) is 0 Å². The van der Waals surface area contributed by atoms with E-state index in [-0.39, 0.29) is 11.6 Å². The normalized spacial score (nSPS) is 12.7. The van der Waals surface area contributed by atoms with Crippen LogP contribution in [0, 0.1) is 11.6 Å². The van der Waals surface area contributed by atoms with Crippen molar-refractivity contribution in [2.75, 3.05) is 19.8 Å². The van der Waals surface area contributed by atoms with Crippen LogP contribution < -0.4 is 5.32 Å². The monoisotopic (exact) mass is 257 g/mol. The smallest absolute Gasteiger partial charge is 0.129 e. The van der Waals surface area contributed by atoms with Gasteiger partial charge in [-0.15, -0.1) is 0 Å². The van der Waals surface area contributed by atoms with Crippen LogP contribution in [0.4, 0.5) is 8.78 Å². The molecule has 0 saturated heterocycles. The number of hydrogen-bond acceptors (Lipinski definition) is 2. The molecule has 0 fully saturated rings. The second-order valence-corrected chi connectivity index (χ2v) is 4.21. The van der Waals surface area contributed by atoms with Gasteiger partial charge in [-0.25, -0.2) is 8.78 Å². The fourth-order valence-corrected chi connectivity index (χ4v) is 1.77. The third-order valence-corrected chi connectivity index (χ3v) is 2.72. The molecule has 0 aliphatic heterocycles. The first kappa shape index (κ1) is 15.1. The zero-order chi connectivity index (χ0) is 13.4. The minimum absolute atomic E-state index is 0.0590. The van der Waals surface area contributed by atoms with Crippen LogP contribution in [0.5, 0.6) is 0 Å². The highest BCUT2D eigenvalue weighted by Crippen LogP contribution is 2.14. The van der Waals surface area contributed by atoms with Crippen molar-refractivity contribution < 1.29 is 13.5 Å².